The van der Waals surface area contributed by atoms with Gasteiger partial charge in [0.05, 0.1) is 36.6 Å². The molecule has 262 valence electrons. The van der Waals surface area contributed by atoms with Crippen LogP contribution in [0.1, 0.15) is 85.7 Å². The number of allylic oxidation sites excluding steroid dienone is 8. The Hall–Kier alpha value is -3.54. The highest BCUT2D eigenvalue weighted by molar-refractivity contribution is 5.33. The maximum absolute atomic E-state index is 14.3. The fraction of sp³-hybridized carbons (Fsp3) is 0.526. The van der Waals surface area contributed by atoms with Crippen LogP contribution in [-0.2, 0) is 0 Å². The van der Waals surface area contributed by atoms with Gasteiger partial charge in [-0.1, -0.05) is 65.3 Å². The summed E-state index contributed by atoms with van der Waals surface area (Å²) in [4.78, 5) is 28.4. The zero-order valence-electron chi connectivity index (χ0n) is 29.1. The molecule has 0 amide bonds. The van der Waals surface area contributed by atoms with E-state index in [1.54, 1.807) is 37.3 Å². The van der Waals surface area contributed by atoms with Gasteiger partial charge in [-0.3, -0.25) is 0 Å². The van der Waals surface area contributed by atoms with Crippen LogP contribution in [0.25, 0.3) is 5.69 Å². The number of aliphatic hydroxyl groups excluding tert-OH is 4. The first-order chi connectivity index (χ1) is 22.7. The second-order valence-corrected chi connectivity index (χ2v) is 14.0. The van der Waals surface area contributed by atoms with Gasteiger partial charge in [0.25, 0.3) is 0 Å². The molecular weight excluding hydrogens is 610 g/mol. The SMILES string of the molecule is CC(C)=C/C=C/C(C)=C/C1C=C(C)C([C@@H](O)C[C@@]2(CO)[C@H](CCCO)/C(=C(\C)CO)CC[C@]2(C)O)n2c(=O)n(-c3ccccc3)c(=O)n21. The highest BCUT2D eigenvalue weighted by Gasteiger charge is 2.57. The molecule has 10 heteroatoms. The molecule has 0 saturated heterocycles. The Morgan fingerprint density at radius 2 is 1.71 bits per heavy atom. The summed E-state index contributed by atoms with van der Waals surface area (Å²) in [6.45, 7) is 10.5. The Balaban J connectivity index is 1.91. The van der Waals surface area contributed by atoms with Crippen molar-refractivity contribution in [3.05, 3.63) is 110 Å². The van der Waals surface area contributed by atoms with Crippen molar-refractivity contribution in [1.29, 1.82) is 0 Å². The van der Waals surface area contributed by atoms with E-state index in [1.807, 2.05) is 65.0 Å². The van der Waals surface area contributed by atoms with E-state index < -0.39 is 53.1 Å². The second-order valence-electron chi connectivity index (χ2n) is 14.0. The number of para-hydroxylation sites is 1. The first kappa shape index (κ1) is 37.3. The molecule has 5 N–H and O–H groups in total. The molecule has 2 heterocycles. The van der Waals surface area contributed by atoms with Gasteiger partial charge in [0.15, 0.2) is 0 Å². The molecule has 2 aliphatic rings. The molecule has 10 nitrogen and oxygen atoms in total. The maximum Gasteiger partial charge on any atom is 0.352 e. The van der Waals surface area contributed by atoms with Gasteiger partial charge in [0.2, 0.25) is 0 Å². The first-order valence-corrected chi connectivity index (χ1v) is 16.9. The summed E-state index contributed by atoms with van der Waals surface area (Å²) in [5.74, 6) is -0.452. The largest absolute Gasteiger partial charge is 0.396 e. The van der Waals surface area contributed by atoms with Gasteiger partial charge in [-0.25, -0.2) is 23.5 Å². The summed E-state index contributed by atoms with van der Waals surface area (Å²) in [6.07, 6.45) is 9.83. The van der Waals surface area contributed by atoms with Crippen LogP contribution in [-0.4, -0.2) is 71.0 Å². The van der Waals surface area contributed by atoms with Crippen molar-refractivity contribution in [2.24, 2.45) is 11.3 Å². The lowest BCUT2D eigenvalue weighted by Crippen LogP contribution is -2.59. The number of nitrogens with zero attached hydrogens (tertiary/aromatic N) is 3. The number of benzene rings is 1. The van der Waals surface area contributed by atoms with E-state index >= 15 is 0 Å². The first-order valence-electron chi connectivity index (χ1n) is 16.9. The molecule has 2 aromatic rings. The standard InChI is InChI=1S/C38H53N3O7/c1-25(2)12-10-13-26(3)20-30-21-27(4)34(41-36(47)39(35(46)40(30)41)29-14-8-7-9-15-29)33(45)22-38(24-44)32(16-11-19-42)31(28(5)23-43)17-18-37(38,6)48/h7-10,12-15,20-21,30,32-34,42-45,48H,11,16-19,22-24H2,1-6H3/b13-10+,26-20+,31-28+/t30?,32-,33+,34?,37+,38-/m1/s1. The highest BCUT2D eigenvalue weighted by atomic mass is 16.3. The summed E-state index contributed by atoms with van der Waals surface area (Å²) in [6, 6.07) is 7.05. The van der Waals surface area contributed by atoms with Crippen LogP contribution in [0.3, 0.4) is 0 Å². The van der Waals surface area contributed by atoms with Crippen LogP contribution < -0.4 is 11.4 Å². The van der Waals surface area contributed by atoms with Gasteiger partial charge in [-0.15, -0.1) is 0 Å². The van der Waals surface area contributed by atoms with E-state index in [2.05, 4.69) is 0 Å². The number of fused-ring (bicyclic) bond motifs is 1. The summed E-state index contributed by atoms with van der Waals surface area (Å²) >= 11 is 0. The molecule has 6 atom stereocenters. The zero-order chi connectivity index (χ0) is 35.4. The molecule has 0 radical (unpaired) electrons. The minimum atomic E-state index is -1.42. The quantitative estimate of drug-likeness (QED) is 0.168. The van der Waals surface area contributed by atoms with Gasteiger partial charge in [-0.05, 0) is 103 Å². The van der Waals surface area contributed by atoms with Crippen LogP contribution in [0.4, 0.5) is 0 Å². The molecule has 1 saturated carbocycles. The van der Waals surface area contributed by atoms with Crippen LogP contribution >= 0.6 is 0 Å². The smallest absolute Gasteiger partial charge is 0.352 e. The minimum Gasteiger partial charge on any atom is -0.396 e. The fourth-order valence-electron chi connectivity index (χ4n) is 7.79. The van der Waals surface area contributed by atoms with E-state index in [-0.39, 0.29) is 19.6 Å². The molecule has 1 aliphatic carbocycles. The van der Waals surface area contributed by atoms with Crippen molar-refractivity contribution in [2.45, 2.75) is 97.4 Å². The highest BCUT2D eigenvalue weighted by Crippen LogP contribution is 2.56. The van der Waals surface area contributed by atoms with Crippen molar-refractivity contribution in [3.63, 3.8) is 0 Å². The molecule has 1 aliphatic heterocycles. The third kappa shape index (κ3) is 7.09. The van der Waals surface area contributed by atoms with E-state index in [9.17, 15) is 35.1 Å². The molecule has 48 heavy (non-hydrogen) atoms. The van der Waals surface area contributed by atoms with Crippen LogP contribution in [0.2, 0.25) is 0 Å². The van der Waals surface area contributed by atoms with Crippen LogP contribution in [0.5, 0.6) is 0 Å². The van der Waals surface area contributed by atoms with Crippen molar-refractivity contribution < 1.29 is 25.5 Å². The predicted molar refractivity (Wildman–Crippen MR) is 188 cm³/mol. The molecule has 2 unspecified atom stereocenters. The topological polar surface area (TPSA) is 150 Å². The predicted octanol–water partition coefficient (Wildman–Crippen LogP) is 4.28. The minimum absolute atomic E-state index is 0.0921. The number of hydrogen-bond acceptors (Lipinski definition) is 7. The lowest BCUT2D eigenvalue weighted by atomic mass is 9.53. The van der Waals surface area contributed by atoms with Crippen molar-refractivity contribution in [1.82, 2.24) is 13.9 Å². The summed E-state index contributed by atoms with van der Waals surface area (Å²) in [5, 5.41) is 55.2. The van der Waals surface area contributed by atoms with E-state index in [4.69, 9.17) is 0 Å². The van der Waals surface area contributed by atoms with E-state index in [0.29, 0.717) is 36.9 Å². The summed E-state index contributed by atoms with van der Waals surface area (Å²) in [7, 11) is 0. The maximum atomic E-state index is 14.3. The molecule has 1 aromatic carbocycles. The second kappa shape index (κ2) is 15.3. The average molecular weight is 664 g/mol. The Kier molecular flexibility index (Phi) is 11.9. The number of hydrogen-bond donors (Lipinski definition) is 5. The molecule has 0 spiro atoms. The van der Waals surface area contributed by atoms with Crippen molar-refractivity contribution in [2.75, 3.05) is 19.8 Å². The molecule has 1 aromatic heterocycles. The fourth-order valence-corrected chi connectivity index (χ4v) is 7.79. The van der Waals surface area contributed by atoms with Gasteiger partial charge in [0, 0.05) is 12.0 Å². The average Bonchev–Trinajstić information content (AvgIpc) is 3.30. The normalized spacial score (nSPS) is 27.9. The third-order valence-electron chi connectivity index (χ3n) is 10.4. The number of aromatic nitrogens is 3. The van der Waals surface area contributed by atoms with Crippen LogP contribution in [0, 0.1) is 11.3 Å². The van der Waals surface area contributed by atoms with Crippen molar-refractivity contribution in [3.8, 4) is 5.69 Å². The van der Waals surface area contributed by atoms with Crippen molar-refractivity contribution >= 4 is 0 Å². The summed E-state index contributed by atoms with van der Waals surface area (Å²) < 4.78 is 3.81. The van der Waals surface area contributed by atoms with Gasteiger partial charge >= 0.3 is 11.4 Å². The third-order valence-corrected chi connectivity index (χ3v) is 10.4. The van der Waals surface area contributed by atoms with Gasteiger partial charge in [-0.2, -0.15) is 0 Å². The lowest BCUT2D eigenvalue weighted by Gasteiger charge is -2.55. The molecule has 1 fully saturated rings. The zero-order valence-corrected chi connectivity index (χ0v) is 29.1. The van der Waals surface area contributed by atoms with Gasteiger partial charge in [0.1, 0.15) is 6.04 Å². The molecular formula is C38H53N3O7. The van der Waals surface area contributed by atoms with E-state index in [1.165, 1.54) is 9.36 Å². The number of aliphatic hydroxyl groups is 5. The monoisotopic (exact) mass is 663 g/mol. The summed E-state index contributed by atoms with van der Waals surface area (Å²) in [5.41, 5.74) is 0.860. The molecule has 4 rings (SSSR count). The Labute approximate surface area is 283 Å². The Morgan fingerprint density at radius 1 is 1.04 bits per heavy atom. The lowest BCUT2D eigenvalue weighted by molar-refractivity contribution is -0.162. The number of rotatable bonds is 12. The van der Waals surface area contributed by atoms with Crippen LogP contribution in [0.15, 0.2) is 98.2 Å². The Morgan fingerprint density at radius 3 is 2.31 bits per heavy atom. The molecule has 0 bridgehead atoms. The van der Waals surface area contributed by atoms with Gasteiger partial charge < -0.3 is 25.5 Å². The van der Waals surface area contributed by atoms with E-state index in [0.717, 1.165) is 26.9 Å². The Bertz CT molecular complexity index is 1720.